The van der Waals surface area contributed by atoms with Crippen LogP contribution >= 0.6 is 0 Å². The molecule has 2 rings (SSSR count). The van der Waals surface area contributed by atoms with E-state index < -0.39 is 5.41 Å². The van der Waals surface area contributed by atoms with Gasteiger partial charge in [0, 0.05) is 6.54 Å². The Kier molecular flexibility index (Phi) is 4.05. The highest BCUT2D eigenvalue weighted by molar-refractivity contribution is 5.87. The maximum absolute atomic E-state index is 12.4. The average Bonchev–Trinajstić information content (AvgIpc) is 3.11. The molecule has 3 heteroatoms. The zero-order valence-corrected chi connectivity index (χ0v) is 11.6. The van der Waals surface area contributed by atoms with Gasteiger partial charge in [-0.2, -0.15) is 0 Å². The summed E-state index contributed by atoms with van der Waals surface area (Å²) in [5, 5.41) is 0. The summed E-state index contributed by atoms with van der Waals surface area (Å²) in [6.45, 7) is 4.77. The van der Waals surface area contributed by atoms with Crippen molar-refractivity contribution in [1.82, 2.24) is 4.90 Å². The number of carbonyl (C=O) groups is 1. The van der Waals surface area contributed by atoms with Gasteiger partial charge in [0.25, 0.3) is 0 Å². The minimum Gasteiger partial charge on any atom is -0.461 e. The lowest BCUT2D eigenvalue weighted by atomic mass is 9.93. The molecular weight excluding hydrogens is 238 g/mol. The Balaban J connectivity index is 2.21. The molecule has 0 amide bonds. The molecule has 1 fully saturated rings. The molecule has 0 spiro atoms. The molecule has 1 saturated carbocycles. The first-order valence-electron chi connectivity index (χ1n) is 6.59. The maximum atomic E-state index is 12.4. The molecule has 3 nitrogen and oxygen atoms in total. The molecule has 0 bridgehead atoms. The first-order chi connectivity index (χ1) is 9.11. The van der Waals surface area contributed by atoms with Crippen molar-refractivity contribution in [3.05, 3.63) is 48.6 Å². The number of esters is 1. The topological polar surface area (TPSA) is 29.5 Å². The number of carbonyl (C=O) groups excluding carboxylic acids is 1. The summed E-state index contributed by atoms with van der Waals surface area (Å²) in [5.41, 5.74) is 0.616. The standard InChI is InChI=1S/C16H21NO2/c1-4-10-19-15(18)16(11-14(16)12-17(2)3)13-8-6-5-7-9-13/h4-9,14H,1,10-12H2,2-3H3/t14?,16-/m1/s1. The molecule has 102 valence electrons. The van der Waals surface area contributed by atoms with Gasteiger partial charge >= 0.3 is 5.97 Å². The fourth-order valence-electron chi connectivity index (χ4n) is 2.71. The fraction of sp³-hybridized carbons (Fsp3) is 0.438. The minimum absolute atomic E-state index is 0.120. The van der Waals surface area contributed by atoms with Gasteiger partial charge in [-0.3, -0.25) is 4.79 Å². The molecular formula is C16H21NO2. The van der Waals surface area contributed by atoms with Gasteiger partial charge in [0.1, 0.15) is 6.61 Å². The number of hydrogen-bond donors (Lipinski definition) is 0. The number of benzene rings is 1. The third-order valence-electron chi connectivity index (χ3n) is 3.68. The van der Waals surface area contributed by atoms with Crippen LogP contribution in [0, 0.1) is 5.92 Å². The zero-order valence-electron chi connectivity index (χ0n) is 11.6. The van der Waals surface area contributed by atoms with Crippen LogP contribution in [0.1, 0.15) is 12.0 Å². The number of ether oxygens (including phenoxy) is 1. The first-order valence-corrected chi connectivity index (χ1v) is 6.59. The molecule has 19 heavy (non-hydrogen) atoms. The van der Waals surface area contributed by atoms with Gasteiger partial charge in [0.05, 0.1) is 5.41 Å². The van der Waals surface area contributed by atoms with Gasteiger partial charge in [-0.1, -0.05) is 43.0 Å². The van der Waals surface area contributed by atoms with E-state index in [-0.39, 0.29) is 12.6 Å². The van der Waals surface area contributed by atoms with E-state index in [9.17, 15) is 4.79 Å². The third-order valence-corrected chi connectivity index (χ3v) is 3.68. The molecule has 2 atom stereocenters. The Bertz CT molecular complexity index is 455. The fourth-order valence-corrected chi connectivity index (χ4v) is 2.71. The van der Waals surface area contributed by atoms with Gasteiger partial charge in [0.2, 0.25) is 0 Å². The van der Waals surface area contributed by atoms with Crippen molar-refractivity contribution >= 4 is 5.97 Å². The normalized spacial score (nSPS) is 25.1. The summed E-state index contributed by atoms with van der Waals surface area (Å²) < 4.78 is 5.31. The summed E-state index contributed by atoms with van der Waals surface area (Å²) in [7, 11) is 4.06. The Morgan fingerprint density at radius 2 is 2.16 bits per heavy atom. The van der Waals surface area contributed by atoms with E-state index in [1.54, 1.807) is 6.08 Å². The zero-order chi connectivity index (χ0) is 13.9. The molecule has 0 N–H and O–H groups in total. The van der Waals surface area contributed by atoms with Crippen LogP contribution in [0.5, 0.6) is 0 Å². The Morgan fingerprint density at radius 3 is 2.74 bits per heavy atom. The molecule has 1 aromatic rings. The van der Waals surface area contributed by atoms with Crippen LogP contribution in [0.2, 0.25) is 0 Å². The van der Waals surface area contributed by atoms with Crippen molar-refractivity contribution < 1.29 is 9.53 Å². The van der Waals surface area contributed by atoms with Gasteiger partial charge in [-0.05, 0) is 32.0 Å². The molecule has 0 heterocycles. The van der Waals surface area contributed by atoms with Crippen molar-refractivity contribution in [2.24, 2.45) is 5.92 Å². The molecule has 0 aromatic heterocycles. The van der Waals surface area contributed by atoms with Crippen LogP contribution in [0.15, 0.2) is 43.0 Å². The molecule has 0 radical (unpaired) electrons. The molecule has 1 aliphatic rings. The molecule has 1 unspecified atom stereocenters. The van der Waals surface area contributed by atoms with E-state index in [1.165, 1.54) is 0 Å². The lowest BCUT2D eigenvalue weighted by Crippen LogP contribution is -2.29. The van der Waals surface area contributed by atoms with Crippen molar-refractivity contribution in [3.63, 3.8) is 0 Å². The predicted octanol–water partition coefficient (Wildman–Crippen LogP) is 2.24. The van der Waals surface area contributed by atoms with Crippen LogP contribution in [0.25, 0.3) is 0 Å². The summed E-state index contributed by atoms with van der Waals surface area (Å²) in [4.78, 5) is 14.5. The maximum Gasteiger partial charge on any atom is 0.317 e. The summed E-state index contributed by atoms with van der Waals surface area (Å²) in [5.74, 6) is 0.215. The molecule has 0 saturated heterocycles. The lowest BCUT2D eigenvalue weighted by Gasteiger charge is -2.18. The van der Waals surface area contributed by atoms with Crippen molar-refractivity contribution in [3.8, 4) is 0 Å². The van der Waals surface area contributed by atoms with Crippen molar-refractivity contribution in [1.29, 1.82) is 0 Å². The summed E-state index contributed by atoms with van der Waals surface area (Å²) in [6, 6.07) is 9.96. The Morgan fingerprint density at radius 1 is 1.47 bits per heavy atom. The van der Waals surface area contributed by atoms with Crippen molar-refractivity contribution in [2.45, 2.75) is 11.8 Å². The SMILES string of the molecule is C=CCOC(=O)[C@@]1(c2ccccc2)CC1CN(C)C. The average molecular weight is 259 g/mol. The number of nitrogens with zero attached hydrogens (tertiary/aromatic N) is 1. The molecule has 1 aromatic carbocycles. The van der Waals surface area contributed by atoms with E-state index in [1.807, 2.05) is 44.4 Å². The second kappa shape index (κ2) is 5.57. The lowest BCUT2D eigenvalue weighted by molar-refractivity contribution is -0.146. The number of hydrogen-bond acceptors (Lipinski definition) is 3. The van der Waals surface area contributed by atoms with Gasteiger partial charge in [-0.15, -0.1) is 0 Å². The van der Waals surface area contributed by atoms with E-state index in [0.717, 1.165) is 18.5 Å². The van der Waals surface area contributed by atoms with E-state index in [4.69, 9.17) is 4.74 Å². The van der Waals surface area contributed by atoms with E-state index in [0.29, 0.717) is 5.92 Å². The van der Waals surface area contributed by atoms with Gasteiger partial charge in [0.15, 0.2) is 0 Å². The third kappa shape index (κ3) is 2.71. The minimum atomic E-state index is -0.450. The molecule has 1 aliphatic carbocycles. The Labute approximate surface area is 114 Å². The quantitative estimate of drug-likeness (QED) is 0.579. The predicted molar refractivity (Wildman–Crippen MR) is 75.9 cm³/mol. The largest absolute Gasteiger partial charge is 0.461 e. The van der Waals surface area contributed by atoms with Crippen LogP contribution in [0.4, 0.5) is 0 Å². The Hall–Kier alpha value is -1.61. The van der Waals surface area contributed by atoms with Gasteiger partial charge in [-0.25, -0.2) is 0 Å². The number of rotatable bonds is 6. The van der Waals surface area contributed by atoms with Crippen molar-refractivity contribution in [2.75, 3.05) is 27.2 Å². The first kappa shape index (κ1) is 13.8. The van der Waals surface area contributed by atoms with Crippen LogP contribution in [-0.2, 0) is 14.9 Å². The highest BCUT2D eigenvalue weighted by Crippen LogP contribution is 2.55. The van der Waals surface area contributed by atoms with Crippen LogP contribution in [0.3, 0.4) is 0 Å². The summed E-state index contributed by atoms with van der Waals surface area (Å²) >= 11 is 0. The van der Waals surface area contributed by atoms with Crippen LogP contribution < -0.4 is 0 Å². The highest BCUT2D eigenvalue weighted by Gasteiger charge is 2.62. The van der Waals surface area contributed by atoms with Gasteiger partial charge < -0.3 is 9.64 Å². The summed E-state index contributed by atoms with van der Waals surface area (Å²) in [6.07, 6.45) is 2.48. The smallest absolute Gasteiger partial charge is 0.317 e. The second-order valence-corrected chi connectivity index (χ2v) is 5.39. The molecule has 0 aliphatic heterocycles. The highest BCUT2D eigenvalue weighted by atomic mass is 16.5. The second-order valence-electron chi connectivity index (χ2n) is 5.39. The van der Waals surface area contributed by atoms with E-state index >= 15 is 0 Å². The van der Waals surface area contributed by atoms with Crippen LogP contribution in [-0.4, -0.2) is 38.1 Å². The van der Waals surface area contributed by atoms with E-state index in [2.05, 4.69) is 11.5 Å². The monoisotopic (exact) mass is 259 g/mol.